The van der Waals surface area contributed by atoms with Crippen LogP contribution in [0.3, 0.4) is 0 Å². The molecule has 0 unspecified atom stereocenters. The van der Waals surface area contributed by atoms with Gasteiger partial charge in [0.05, 0.1) is 32.1 Å². The lowest BCUT2D eigenvalue weighted by molar-refractivity contribution is -0.137. The van der Waals surface area contributed by atoms with Gasteiger partial charge in [0, 0.05) is 23.4 Å². The summed E-state index contributed by atoms with van der Waals surface area (Å²) in [5.41, 5.74) is 0.671. The van der Waals surface area contributed by atoms with E-state index in [2.05, 4.69) is 15.1 Å². The van der Waals surface area contributed by atoms with E-state index in [1.54, 1.807) is 25.3 Å². The molecule has 0 aliphatic carbocycles. The number of benzene rings is 2. The quantitative estimate of drug-likeness (QED) is 0.228. The van der Waals surface area contributed by atoms with E-state index in [9.17, 15) is 17.6 Å². The number of ether oxygens (including phenoxy) is 2. The van der Waals surface area contributed by atoms with Gasteiger partial charge in [-0.15, -0.1) is 0 Å². The molecule has 186 valence electrons. The number of hydrogen-bond donors (Lipinski definition) is 0. The SMILES string of the molecule is COc1cc(-n2cc(C(=CCOCc3ccccc3)c3ccc(C(F)(F)F)cc3F)cn2)nc(C)n1. The second-order valence-corrected chi connectivity index (χ2v) is 7.80. The highest BCUT2D eigenvalue weighted by molar-refractivity contribution is 5.79. The fraction of sp³-hybridized carbons (Fsp3) is 0.192. The summed E-state index contributed by atoms with van der Waals surface area (Å²) in [6.45, 7) is 2.11. The van der Waals surface area contributed by atoms with Gasteiger partial charge in [0.2, 0.25) is 5.88 Å². The largest absolute Gasteiger partial charge is 0.481 e. The molecule has 0 saturated heterocycles. The lowest BCUT2D eigenvalue weighted by Gasteiger charge is -2.12. The lowest BCUT2D eigenvalue weighted by Crippen LogP contribution is -2.06. The van der Waals surface area contributed by atoms with Crippen LogP contribution in [0, 0.1) is 12.7 Å². The van der Waals surface area contributed by atoms with Crippen molar-refractivity contribution in [3.05, 3.63) is 107 Å². The van der Waals surface area contributed by atoms with Crippen LogP contribution in [0.1, 0.15) is 28.1 Å². The first kappa shape index (κ1) is 25.1. The predicted molar refractivity (Wildman–Crippen MR) is 125 cm³/mol. The third-order valence-electron chi connectivity index (χ3n) is 5.24. The van der Waals surface area contributed by atoms with Gasteiger partial charge < -0.3 is 9.47 Å². The van der Waals surface area contributed by atoms with Crippen molar-refractivity contribution in [2.45, 2.75) is 19.7 Å². The molecule has 2 aromatic carbocycles. The van der Waals surface area contributed by atoms with Crippen LogP contribution in [0.2, 0.25) is 0 Å². The summed E-state index contributed by atoms with van der Waals surface area (Å²) in [6, 6.07) is 13.5. The zero-order valence-electron chi connectivity index (χ0n) is 19.5. The summed E-state index contributed by atoms with van der Waals surface area (Å²) in [6.07, 6.45) is 0.0318. The summed E-state index contributed by atoms with van der Waals surface area (Å²) in [5, 5.41) is 4.30. The Labute approximate surface area is 204 Å². The highest BCUT2D eigenvalue weighted by Crippen LogP contribution is 2.33. The number of aromatic nitrogens is 4. The number of hydrogen-bond acceptors (Lipinski definition) is 5. The smallest absolute Gasteiger partial charge is 0.416 e. The van der Waals surface area contributed by atoms with E-state index in [1.165, 1.54) is 18.0 Å². The molecule has 0 aliphatic heterocycles. The van der Waals surface area contributed by atoms with E-state index in [4.69, 9.17) is 9.47 Å². The van der Waals surface area contributed by atoms with E-state index >= 15 is 0 Å². The molecule has 36 heavy (non-hydrogen) atoms. The summed E-state index contributed by atoms with van der Waals surface area (Å²) in [7, 11) is 1.48. The zero-order valence-corrected chi connectivity index (χ0v) is 19.5. The normalized spacial score (nSPS) is 12.1. The third-order valence-corrected chi connectivity index (χ3v) is 5.24. The topological polar surface area (TPSA) is 62.1 Å². The number of rotatable bonds is 8. The predicted octanol–water partition coefficient (Wildman–Crippen LogP) is 5.79. The lowest BCUT2D eigenvalue weighted by atomic mass is 9.98. The molecule has 0 aliphatic rings. The van der Waals surface area contributed by atoms with Gasteiger partial charge in [-0.2, -0.15) is 23.3 Å². The van der Waals surface area contributed by atoms with E-state index in [0.717, 1.165) is 17.7 Å². The molecule has 2 heterocycles. The molecule has 0 spiro atoms. The van der Waals surface area contributed by atoms with Crippen LogP contribution in [0.15, 0.2) is 73.1 Å². The number of halogens is 4. The van der Waals surface area contributed by atoms with Crippen LogP contribution in [-0.4, -0.2) is 33.5 Å². The highest BCUT2D eigenvalue weighted by atomic mass is 19.4. The highest BCUT2D eigenvalue weighted by Gasteiger charge is 2.31. The second kappa shape index (κ2) is 10.7. The molecule has 0 fully saturated rings. The maximum absolute atomic E-state index is 14.9. The first-order valence-electron chi connectivity index (χ1n) is 10.9. The van der Waals surface area contributed by atoms with E-state index < -0.39 is 17.6 Å². The van der Waals surface area contributed by atoms with Crippen LogP contribution < -0.4 is 4.74 Å². The van der Waals surface area contributed by atoms with Crippen molar-refractivity contribution >= 4 is 5.57 Å². The van der Waals surface area contributed by atoms with E-state index in [-0.39, 0.29) is 12.2 Å². The van der Waals surface area contributed by atoms with Crippen molar-refractivity contribution in [2.24, 2.45) is 0 Å². The van der Waals surface area contributed by atoms with Crippen molar-refractivity contribution in [3.63, 3.8) is 0 Å². The number of nitrogens with zero attached hydrogens (tertiary/aromatic N) is 4. The second-order valence-electron chi connectivity index (χ2n) is 7.80. The van der Waals surface area contributed by atoms with Crippen LogP contribution in [0.5, 0.6) is 5.88 Å². The summed E-state index contributed by atoms with van der Waals surface area (Å²) >= 11 is 0. The minimum absolute atomic E-state index is 0.0118. The number of methoxy groups -OCH3 is 1. The molecule has 0 radical (unpaired) electrons. The van der Waals surface area contributed by atoms with Gasteiger partial charge in [-0.05, 0) is 30.2 Å². The van der Waals surface area contributed by atoms with Gasteiger partial charge in [0.1, 0.15) is 11.6 Å². The molecule has 2 aromatic heterocycles. The first-order chi connectivity index (χ1) is 17.2. The minimum Gasteiger partial charge on any atom is -0.481 e. The molecule has 4 aromatic rings. The van der Waals surface area contributed by atoms with Crippen LogP contribution in [0.4, 0.5) is 17.6 Å². The summed E-state index contributed by atoms with van der Waals surface area (Å²) in [4.78, 5) is 8.47. The standard InChI is InChI=1S/C26H22F4N4O2/c1-17-32-24(13-25(33-17)35-2)34-15-19(14-31-34)21(10-11-36-16-18-6-4-3-5-7-18)22-9-8-20(12-23(22)27)26(28,29)30/h3-10,12-15H,11,16H2,1-2H3. The summed E-state index contributed by atoms with van der Waals surface area (Å²) < 4.78 is 66.5. The van der Waals surface area contributed by atoms with Gasteiger partial charge >= 0.3 is 6.18 Å². The molecular weight excluding hydrogens is 476 g/mol. The Morgan fingerprint density at radius 2 is 1.83 bits per heavy atom. The first-order valence-corrected chi connectivity index (χ1v) is 10.9. The molecule has 10 heteroatoms. The number of aryl methyl sites for hydroxylation is 1. The Kier molecular flexibility index (Phi) is 7.44. The van der Waals surface area contributed by atoms with Gasteiger partial charge in [0.25, 0.3) is 0 Å². The monoisotopic (exact) mass is 498 g/mol. The van der Waals surface area contributed by atoms with Crippen molar-refractivity contribution in [1.82, 2.24) is 19.7 Å². The Balaban J connectivity index is 1.67. The Bertz CT molecular complexity index is 1370. The van der Waals surface area contributed by atoms with E-state index in [0.29, 0.717) is 41.3 Å². The molecule has 0 N–H and O–H groups in total. The van der Waals surface area contributed by atoms with Crippen molar-refractivity contribution in [2.75, 3.05) is 13.7 Å². The maximum Gasteiger partial charge on any atom is 0.416 e. The molecule has 0 amide bonds. The molecule has 6 nitrogen and oxygen atoms in total. The third kappa shape index (κ3) is 5.95. The van der Waals surface area contributed by atoms with Crippen molar-refractivity contribution in [3.8, 4) is 11.7 Å². The molecule has 0 bridgehead atoms. The Morgan fingerprint density at radius 1 is 1.06 bits per heavy atom. The van der Waals surface area contributed by atoms with Crippen LogP contribution in [-0.2, 0) is 17.5 Å². The zero-order chi connectivity index (χ0) is 25.7. The van der Waals surface area contributed by atoms with Gasteiger partial charge in [0.15, 0.2) is 5.82 Å². The molecule has 0 atom stereocenters. The van der Waals surface area contributed by atoms with Gasteiger partial charge in [-0.1, -0.05) is 42.5 Å². The Hall–Kier alpha value is -4.05. The maximum atomic E-state index is 14.9. The Morgan fingerprint density at radius 3 is 2.53 bits per heavy atom. The van der Waals surface area contributed by atoms with Crippen molar-refractivity contribution < 1.29 is 27.0 Å². The van der Waals surface area contributed by atoms with Crippen LogP contribution >= 0.6 is 0 Å². The molecular formula is C26H22F4N4O2. The fourth-order valence-corrected chi connectivity index (χ4v) is 3.52. The van der Waals surface area contributed by atoms with Gasteiger partial charge in [-0.3, -0.25) is 0 Å². The minimum atomic E-state index is -4.66. The fourth-order valence-electron chi connectivity index (χ4n) is 3.52. The average molecular weight is 498 g/mol. The van der Waals surface area contributed by atoms with E-state index in [1.807, 2.05) is 30.3 Å². The molecule has 4 rings (SSSR count). The van der Waals surface area contributed by atoms with Gasteiger partial charge in [-0.25, -0.2) is 14.1 Å². The summed E-state index contributed by atoms with van der Waals surface area (Å²) in [5.74, 6) is 0.207. The van der Waals surface area contributed by atoms with Crippen molar-refractivity contribution in [1.29, 1.82) is 0 Å². The average Bonchev–Trinajstić information content (AvgIpc) is 3.34. The van der Waals surface area contributed by atoms with Crippen LogP contribution in [0.25, 0.3) is 11.4 Å². The molecule has 0 saturated carbocycles. The number of alkyl halides is 3.